The van der Waals surface area contributed by atoms with Crippen LogP contribution in [0.4, 0.5) is 0 Å². The van der Waals surface area contributed by atoms with Crippen molar-refractivity contribution in [2.45, 2.75) is 33.0 Å². The van der Waals surface area contributed by atoms with Crippen molar-refractivity contribution in [3.63, 3.8) is 0 Å². The first-order chi connectivity index (χ1) is 5.33. The smallest absolute Gasteiger partial charge is 0.200 e. The predicted molar refractivity (Wildman–Crippen MR) is 38.7 cm³/mol. The predicted octanol–water partition coefficient (Wildman–Crippen LogP) is 0.515. The van der Waals surface area contributed by atoms with Crippen LogP contribution in [0.15, 0.2) is 0 Å². The molecule has 0 radical (unpaired) electrons. The van der Waals surface area contributed by atoms with Crippen LogP contribution in [-0.4, -0.2) is 26.7 Å². The maximum Gasteiger partial charge on any atom is 0.200 e. The van der Waals surface area contributed by atoms with Gasteiger partial charge in [0.15, 0.2) is 5.82 Å². The van der Waals surface area contributed by atoms with Gasteiger partial charge in [-0.25, -0.2) is 0 Å². The second kappa shape index (κ2) is 4.02. The molecule has 1 rings (SSSR count). The van der Waals surface area contributed by atoms with Crippen LogP contribution in [-0.2, 0) is 11.3 Å². The molecule has 0 saturated carbocycles. The molecule has 0 aromatic carbocycles. The number of hydrogen-bond donors (Lipinski definition) is 1. The molecule has 1 aromatic heterocycles. The summed E-state index contributed by atoms with van der Waals surface area (Å²) in [6.45, 7) is 4.52. The highest BCUT2D eigenvalue weighted by Gasteiger charge is 2.01. The lowest BCUT2D eigenvalue weighted by molar-refractivity contribution is 0.0468. The minimum atomic E-state index is 0.258. The van der Waals surface area contributed by atoms with Crippen LogP contribution in [0.3, 0.4) is 0 Å². The van der Waals surface area contributed by atoms with E-state index < -0.39 is 0 Å². The van der Waals surface area contributed by atoms with E-state index in [1.165, 1.54) is 0 Å². The molecule has 0 saturated heterocycles. The Hall–Kier alpha value is -0.970. The summed E-state index contributed by atoms with van der Waals surface area (Å²) < 4.78 is 5.35. The lowest BCUT2D eigenvalue weighted by atomic mass is 10.3. The number of H-pyrrole nitrogens is 1. The van der Waals surface area contributed by atoms with Crippen LogP contribution in [0.5, 0.6) is 0 Å². The third-order valence-electron chi connectivity index (χ3n) is 1.46. The minimum Gasteiger partial charge on any atom is -0.370 e. The summed E-state index contributed by atoms with van der Waals surface area (Å²) in [4.78, 5) is 0. The van der Waals surface area contributed by atoms with E-state index >= 15 is 0 Å². The molecular formula is C6H12N4O. The van der Waals surface area contributed by atoms with Gasteiger partial charge in [0, 0.05) is 0 Å². The van der Waals surface area contributed by atoms with E-state index in [2.05, 4.69) is 27.5 Å². The molecule has 0 amide bonds. The van der Waals surface area contributed by atoms with Gasteiger partial charge in [-0.05, 0) is 13.3 Å². The Morgan fingerprint density at radius 1 is 1.64 bits per heavy atom. The Balaban J connectivity index is 2.23. The molecule has 11 heavy (non-hydrogen) atoms. The number of rotatable bonds is 4. The molecule has 5 nitrogen and oxygen atoms in total. The van der Waals surface area contributed by atoms with Gasteiger partial charge in [0.05, 0.1) is 6.10 Å². The van der Waals surface area contributed by atoms with Gasteiger partial charge in [0.2, 0.25) is 0 Å². The molecule has 62 valence electrons. The van der Waals surface area contributed by atoms with Crippen LogP contribution in [0, 0.1) is 0 Å². The van der Waals surface area contributed by atoms with E-state index in [9.17, 15) is 0 Å². The lowest BCUT2D eigenvalue weighted by Crippen LogP contribution is -2.06. The molecule has 5 heteroatoms. The second-order valence-electron chi connectivity index (χ2n) is 2.36. The molecule has 0 spiro atoms. The normalized spacial score (nSPS) is 13.3. The minimum absolute atomic E-state index is 0.258. The summed E-state index contributed by atoms with van der Waals surface area (Å²) in [6, 6.07) is 0. The van der Waals surface area contributed by atoms with Gasteiger partial charge < -0.3 is 4.74 Å². The van der Waals surface area contributed by atoms with Crippen molar-refractivity contribution in [3.05, 3.63) is 5.82 Å². The van der Waals surface area contributed by atoms with Gasteiger partial charge in [-0.15, -0.1) is 10.2 Å². The summed E-state index contributed by atoms with van der Waals surface area (Å²) in [5.74, 6) is 0.602. The molecule has 0 aliphatic carbocycles. The van der Waals surface area contributed by atoms with Crippen molar-refractivity contribution < 1.29 is 4.74 Å². The number of aromatic amines is 1. The molecular weight excluding hydrogens is 144 g/mol. The van der Waals surface area contributed by atoms with Crippen LogP contribution < -0.4 is 0 Å². The molecule has 1 aromatic rings. The molecule has 0 aliphatic rings. The summed E-state index contributed by atoms with van der Waals surface area (Å²) in [5, 5.41) is 13.3. The van der Waals surface area contributed by atoms with Crippen LogP contribution in [0.2, 0.25) is 0 Å². The van der Waals surface area contributed by atoms with E-state index in [0.29, 0.717) is 12.4 Å². The average molecular weight is 156 g/mol. The summed E-state index contributed by atoms with van der Waals surface area (Å²) in [7, 11) is 0. The Morgan fingerprint density at radius 2 is 2.45 bits per heavy atom. The topological polar surface area (TPSA) is 63.7 Å². The van der Waals surface area contributed by atoms with Crippen molar-refractivity contribution in [2.24, 2.45) is 0 Å². The number of nitrogens with one attached hydrogen (secondary N) is 1. The van der Waals surface area contributed by atoms with Crippen LogP contribution >= 0.6 is 0 Å². The van der Waals surface area contributed by atoms with Gasteiger partial charge in [-0.3, -0.25) is 0 Å². The van der Waals surface area contributed by atoms with E-state index in [4.69, 9.17) is 4.74 Å². The largest absolute Gasteiger partial charge is 0.370 e. The molecule has 0 aliphatic heterocycles. The molecule has 1 unspecified atom stereocenters. The summed E-state index contributed by atoms with van der Waals surface area (Å²) in [5.41, 5.74) is 0. The standard InChI is InChI=1S/C6H12N4O/c1-3-5(2)11-4-6-7-9-10-8-6/h5H,3-4H2,1-2H3,(H,7,8,9,10). The van der Waals surface area contributed by atoms with Crippen LogP contribution in [0.1, 0.15) is 26.1 Å². The fourth-order valence-electron chi connectivity index (χ4n) is 0.578. The number of ether oxygens (including phenoxy) is 1. The van der Waals surface area contributed by atoms with E-state index in [1.807, 2.05) is 6.92 Å². The van der Waals surface area contributed by atoms with E-state index in [1.54, 1.807) is 0 Å². The first-order valence-electron chi connectivity index (χ1n) is 3.67. The Morgan fingerprint density at radius 3 is 3.00 bits per heavy atom. The Kier molecular flexibility index (Phi) is 2.97. The number of tetrazole rings is 1. The molecule has 1 heterocycles. The summed E-state index contributed by atoms with van der Waals surface area (Å²) >= 11 is 0. The molecule has 0 fully saturated rings. The molecule has 0 bridgehead atoms. The number of hydrogen-bond acceptors (Lipinski definition) is 4. The van der Waals surface area contributed by atoms with Crippen molar-refractivity contribution in [1.82, 2.24) is 20.6 Å². The van der Waals surface area contributed by atoms with Gasteiger partial charge in [-0.2, -0.15) is 5.21 Å². The number of aromatic nitrogens is 4. The maximum absolute atomic E-state index is 5.35. The first-order valence-corrected chi connectivity index (χ1v) is 3.67. The highest BCUT2D eigenvalue weighted by molar-refractivity contribution is 4.70. The van der Waals surface area contributed by atoms with E-state index in [0.717, 1.165) is 6.42 Å². The highest BCUT2D eigenvalue weighted by Crippen LogP contribution is 1.98. The van der Waals surface area contributed by atoms with Crippen LogP contribution in [0.25, 0.3) is 0 Å². The van der Waals surface area contributed by atoms with Crippen molar-refractivity contribution in [1.29, 1.82) is 0 Å². The monoisotopic (exact) mass is 156 g/mol. The zero-order valence-corrected chi connectivity index (χ0v) is 6.74. The second-order valence-corrected chi connectivity index (χ2v) is 2.36. The third-order valence-corrected chi connectivity index (χ3v) is 1.46. The third kappa shape index (κ3) is 2.63. The van der Waals surface area contributed by atoms with E-state index in [-0.39, 0.29) is 6.10 Å². The van der Waals surface area contributed by atoms with Gasteiger partial charge >= 0.3 is 0 Å². The zero-order valence-electron chi connectivity index (χ0n) is 6.74. The fourth-order valence-corrected chi connectivity index (χ4v) is 0.578. The number of nitrogens with zero attached hydrogens (tertiary/aromatic N) is 3. The highest BCUT2D eigenvalue weighted by atomic mass is 16.5. The van der Waals surface area contributed by atoms with Gasteiger partial charge in [0.25, 0.3) is 0 Å². The van der Waals surface area contributed by atoms with Gasteiger partial charge in [-0.1, -0.05) is 12.1 Å². The SMILES string of the molecule is CCC(C)OCc1nn[nH]n1. The zero-order chi connectivity index (χ0) is 8.10. The summed E-state index contributed by atoms with van der Waals surface area (Å²) in [6.07, 6.45) is 1.26. The quantitative estimate of drug-likeness (QED) is 0.690. The Bertz CT molecular complexity index is 186. The molecule has 1 N–H and O–H groups in total. The van der Waals surface area contributed by atoms with Crippen molar-refractivity contribution in [2.75, 3.05) is 0 Å². The Labute approximate surface area is 65.1 Å². The fraction of sp³-hybridized carbons (Fsp3) is 0.833. The van der Waals surface area contributed by atoms with Gasteiger partial charge in [0.1, 0.15) is 6.61 Å². The maximum atomic E-state index is 5.35. The van der Waals surface area contributed by atoms with Crippen molar-refractivity contribution in [3.8, 4) is 0 Å². The van der Waals surface area contributed by atoms with Crippen molar-refractivity contribution >= 4 is 0 Å². The molecule has 1 atom stereocenters. The lowest BCUT2D eigenvalue weighted by Gasteiger charge is -2.06. The first kappa shape index (κ1) is 8.13. The average Bonchev–Trinajstić information content (AvgIpc) is 2.52.